The molecule has 0 spiro atoms. The van der Waals surface area contributed by atoms with Crippen molar-refractivity contribution in [1.82, 2.24) is 24.6 Å². The van der Waals surface area contributed by atoms with E-state index in [-0.39, 0.29) is 5.91 Å². The zero-order valence-corrected chi connectivity index (χ0v) is 11.9. The van der Waals surface area contributed by atoms with Gasteiger partial charge in [0, 0.05) is 25.6 Å². The quantitative estimate of drug-likeness (QED) is 0.845. The van der Waals surface area contributed by atoms with Crippen LogP contribution in [0.25, 0.3) is 11.2 Å². The van der Waals surface area contributed by atoms with E-state index in [0.29, 0.717) is 25.0 Å². The van der Waals surface area contributed by atoms with Crippen LogP contribution < -0.4 is 11.1 Å². The molecule has 0 atom stereocenters. The van der Waals surface area contributed by atoms with E-state index in [0.717, 1.165) is 36.2 Å². The van der Waals surface area contributed by atoms with Gasteiger partial charge in [-0.2, -0.15) is 5.10 Å². The van der Waals surface area contributed by atoms with Crippen LogP contribution in [0.5, 0.6) is 0 Å². The number of hydrogen-bond donors (Lipinski definition) is 2. The van der Waals surface area contributed by atoms with Crippen LogP contribution in [0.4, 0.5) is 5.95 Å². The van der Waals surface area contributed by atoms with Gasteiger partial charge in [0.2, 0.25) is 11.9 Å². The molecule has 1 aliphatic carbocycles. The minimum atomic E-state index is 0.0769. The molecule has 2 aromatic heterocycles. The molecule has 0 radical (unpaired) electrons. The van der Waals surface area contributed by atoms with Crippen molar-refractivity contribution in [3.05, 3.63) is 5.69 Å². The molecule has 1 amide bonds. The number of rotatable bonds is 5. The van der Waals surface area contributed by atoms with Gasteiger partial charge in [-0.1, -0.05) is 0 Å². The van der Waals surface area contributed by atoms with E-state index in [1.165, 1.54) is 0 Å². The number of fused-ring (bicyclic) bond motifs is 1. The Morgan fingerprint density at radius 3 is 2.90 bits per heavy atom. The summed E-state index contributed by atoms with van der Waals surface area (Å²) >= 11 is 0. The van der Waals surface area contributed by atoms with Crippen LogP contribution in [0.3, 0.4) is 0 Å². The molecular formula is C13H20N6O. The smallest absolute Gasteiger partial charge is 0.222 e. The molecule has 2 aromatic rings. The molecule has 0 bridgehead atoms. The van der Waals surface area contributed by atoms with Gasteiger partial charge in [0.05, 0.1) is 5.69 Å². The average molecular weight is 276 g/mol. The zero-order chi connectivity index (χ0) is 14.3. The Morgan fingerprint density at radius 2 is 2.25 bits per heavy atom. The predicted octanol–water partition coefficient (Wildman–Crippen LogP) is 0.812. The molecule has 3 rings (SSSR count). The second kappa shape index (κ2) is 4.81. The molecule has 2 heterocycles. The van der Waals surface area contributed by atoms with Crippen LogP contribution >= 0.6 is 0 Å². The van der Waals surface area contributed by atoms with Crippen LogP contribution in [-0.2, 0) is 17.9 Å². The highest BCUT2D eigenvalue weighted by atomic mass is 16.1. The molecule has 0 unspecified atom stereocenters. The van der Waals surface area contributed by atoms with Gasteiger partial charge in [0.15, 0.2) is 5.65 Å². The number of carbonyl (C=O) groups is 1. The summed E-state index contributed by atoms with van der Waals surface area (Å²) in [6, 6.07) is 0.395. The van der Waals surface area contributed by atoms with Gasteiger partial charge < -0.3 is 11.1 Å². The number of carbonyl (C=O) groups excluding carboxylic acids is 1. The van der Waals surface area contributed by atoms with Crippen LogP contribution in [0, 0.1) is 6.92 Å². The van der Waals surface area contributed by atoms with Gasteiger partial charge in [-0.25, -0.2) is 9.67 Å². The number of nitrogens with two attached hydrogens (primary N) is 1. The van der Waals surface area contributed by atoms with E-state index in [9.17, 15) is 4.79 Å². The summed E-state index contributed by atoms with van der Waals surface area (Å²) in [6.07, 6.45) is 2.62. The van der Waals surface area contributed by atoms with E-state index in [1.54, 1.807) is 0 Å². The topological polar surface area (TPSA) is 90.8 Å². The van der Waals surface area contributed by atoms with Gasteiger partial charge in [-0.05, 0) is 26.7 Å². The van der Waals surface area contributed by atoms with Crippen molar-refractivity contribution in [2.24, 2.45) is 0 Å². The third-order valence-corrected chi connectivity index (χ3v) is 3.63. The zero-order valence-electron chi connectivity index (χ0n) is 11.9. The summed E-state index contributed by atoms with van der Waals surface area (Å²) in [5.74, 6) is 0.523. The fourth-order valence-corrected chi connectivity index (χ4v) is 2.42. The van der Waals surface area contributed by atoms with E-state index in [1.807, 2.05) is 23.1 Å². The standard InChI is InChI=1S/C13H20N6O/c1-3-19-12-11(8(2)17-19)16-13(14)18(12)7-6-10(20)15-9-4-5-9/h9H,3-7H2,1-2H3,(H2,14,16)(H,15,20). The third-order valence-electron chi connectivity index (χ3n) is 3.63. The van der Waals surface area contributed by atoms with Gasteiger partial charge >= 0.3 is 0 Å². The lowest BCUT2D eigenvalue weighted by Gasteiger charge is -2.08. The summed E-state index contributed by atoms with van der Waals surface area (Å²) in [5, 5.41) is 7.41. The molecular weight excluding hydrogens is 256 g/mol. The first kappa shape index (κ1) is 13.0. The monoisotopic (exact) mass is 276 g/mol. The van der Waals surface area contributed by atoms with Crippen molar-refractivity contribution in [3.8, 4) is 0 Å². The summed E-state index contributed by atoms with van der Waals surface area (Å²) in [6.45, 7) is 5.24. The Balaban J connectivity index is 1.82. The highest BCUT2D eigenvalue weighted by Crippen LogP contribution is 2.22. The largest absolute Gasteiger partial charge is 0.369 e. The summed E-state index contributed by atoms with van der Waals surface area (Å²) < 4.78 is 3.76. The van der Waals surface area contributed by atoms with Crippen molar-refractivity contribution in [2.75, 3.05) is 5.73 Å². The van der Waals surface area contributed by atoms with Gasteiger partial charge in [0.1, 0.15) is 5.52 Å². The second-order valence-corrected chi connectivity index (χ2v) is 5.29. The molecule has 7 heteroatoms. The number of imidazole rings is 1. The number of amides is 1. The minimum Gasteiger partial charge on any atom is -0.369 e. The first-order chi connectivity index (χ1) is 9.60. The molecule has 0 saturated heterocycles. The van der Waals surface area contributed by atoms with Crippen molar-refractivity contribution in [1.29, 1.82) is 0 Å². The number of anilines is 1. The van der Waals surface area contributed by atoms with Gasteiger partial charge in [-0.3, -0.25) is 9.36 Å². The fourth-order valence-electron chi connectivity index (χ4n) is 2.42. The van der Waals surface area contributed by atoms with E-state index < -0.39 is 0 Å². The lowest BCUT2D eigenvalue weighted by Crippen LogP contribution is -2.26. The minimum absolute atomic E-state index is 0.0769. The Labute approximate surface area is 117 Å². The van der Waals surface area contributed by atoms with Crippen LogP contribution in [0.1, 0.15) is 31.9 Å². The fraction of sp³-hybridized carbons (Fsp3) is 0.615. The van der Waals surface area contributed by atoms with Crippen molar-refractivity contribution in [2.45, 2.75) is 52.2 Å². The molecule has 1 saturated carbocycles. The Hall–Kier alpha value is -2.05. The molecule has 7 nitrogen and oxygen atoms in total. The Bertz CT molecular complexity index is 651. The molecule has 20 heavy (non-hydrogen) atoms. The third kappa shape index (κ3) is 2.23. The first-order valence-corrected chi connectivity index (χ1v) is 7.08. The number of nitrogen functional groups attached to an aromatic ring is 1. The van der Waals surface area contributed by atoms with Crippen LogP contribution in [0.15, 0.2) is 0 Å². The van der Waals surface area contributed by atoms with E-state index >= 15 is 0 Å². The number of aromatic nitrogens is 4. The molecule has 108 valence electrons. The highest BCUT2D eigenvalue weighted by molar-refractivity contribution is 5.79. The highest BCUT2D eigenvalue weighted by Gasteiger charge is 2.23. The number of nitrogens with one attached hydrogen (secondary N) is 1. The lowest BCUT2D eigenvalue weighted by atomic mass is 10.3. The van der Waals surface area contributed by atoms with E-state index in [4.69, 9.17) is 5.73 Å². The summed E-state index contributed by atoms with van der Waals surface area (Å²) in [4.78, 5) is 16.1. The van der Waals surface area contributed by atoms with Gasteiger partial charge in [-0.15, -0.1) is 0 Å². The summed E-state index contributed by atoms with van der Waals surface area (Å²) in [5.41, 5.74) is 8.57. The maximum Gasteiger partial charge on any atom is 0.222 e. The number of hydrogen-bond acceptors (Lipinski definition) is 4. The molecule has 0 aliphatic heterocycles. The molecule has 1 fully saturated rings. The predicted molar refractivity (Wildman–Crippen MR) is 76.1 cm³/mol. The average Bonchev–Trinajstić information content (AvgIpc) is 3.08. The lowest BCUT2D eigenvalue weighted by molar-refractivity contribution is -0.121. The molecule has 3 N–H and O–H groups in total. The molecule has 0 aromatic carbocycles. The van der Waals surface area contributed by atoms with Crippen molar-refractivity contribution < 1.29 is 4.79 Å². The summed E-state index contributed by atoms with van der Waals surface area (Å²) in [7, 11) is 0. The first-order valence-electron chi connectivity index (χ1n) is 7.08. The maximum atomic E-state index is 11.8. The number of aryl methyl sites for hydroxylation is 3. The van der Waals surface area contributed by atoms with E-state index in [2.05, 4.69) is 15.4 Å². The second-order valence-electron chi connectivity index (χ2n) is 5.29. The Morgan fingerprint density at radius 1 is 1.50 bits per heavy atom. The number of nitrogens with zero attached hydrogens (tertiary/aromatic N) is 4. The SMILES string of the molecule is CCn1nc(C)c2nc(N)n(CCC(=O)NC3CC3)c21. The van der Waals surface area contributed by atoms with Crippen molar-refractivity contribution in [3.63, 3.8) is 0 Å². The van der Waals surface area contributed by atoms with Gasteiger partial charge in [0.25, 0.3) is 0 Å². The Kier molecular flexibility index (Phi) is 3.11. The maximum absolute atomic E-state index is 11.8. The van der Waals surface area contributed by atoms with Crippen molar-refractivity contribution >= 4 is 23.0 Å². The van der Waals surface area contributed by atoms with Crippen LogP contribution in [0.2, 0.25) is 0 Å². The molecule has 1 aliphatic rings. The van der Waals surface area contributed by atoms with Crippen LogP contribution in [-0.4, -0.2) is 31.3 Å². The normalized spacial score (nSPS) is 14.9.